The monoisotopic (exact) mass is 414 g/mol. The van der Waals surface area contributed by atoms with Crippen molar-refractivity contribution in [2.75, 3.05) is 10.6 Å². The molecule has 0 unspecified atom stereocenters. The number of halogens is 1. The zero-order valence-corrected chi connectivity index (χ0v) is 17.4. The molecule has 0 atom stereocenters. The maximum absolute atomic E-state index is 14.4. The van der Waals surface area contributed by atoms with E-state index in [0.717, 1.165) is 0 Å². The minimum atomic E-state index is -1.70. The number of anilines is 3. The molecular formula is C20H23FN6O3. The van der Waals surface area contributed by atoms with Gasteiger partial charge in [0.25, 0.3) is 0 Å². The van der Waals surface area contributed by atoms with Gasteiger partial charge in [0.15, 0.2) is 23.8 Å². The third-order valence-electron chi connectivity index (χ3n) is 3.84. The number of carbonyl (C=O) groups is 1. The Morgan fingerprint density at radius 3 is 2.57 bits per heavy atom. The normalized spacial score (nSPS) is 11.3. The van der Waals surface area contributed by atoms with Crippen molar-refractivity contribution in [3.05, 3.63) is 47.7 Å². The van der Waals surface area contributed by atoms with E-state index >= 15 is 0 Å². The summed E-state index contributed by atoms with van der Waals surface area (Å²) in [5.41, 5.74) is -0.635. The van der Waals surface area contributed by atoms with Crippen molar-refractivity contribution in [3.63, 3.8) is 0 Å². The van der Waals surface area contributed by atoms with E-state index in [9.17, 15) is 9.18 Å². The maximum Gasteiger partial charge on any atom is 0.232 e. The minimum Gasteiger partial charge on any atom is -0.480 e. The zero-order valence-electron chi connectivity index (χ0n) is 17.4. The Kier molecular flexibility index (Phi) is 5.95. The summed E-state index contributed by atoms with van der Waals surface area (Å²) in [7, 11) is 0. The van der Waals surface area contributed by atoms with Crippen LogP contribution in [0.3, 0.4) is 0 Å². The molecule has 0 radical (unpaired) electrons. The van der Waals surface area contributed by atoms with Crippen molar-refractivity contribution >= 4 is 23.2 Å². The molecule has 3 aromatic heterocycles. The largest absolute Gasteiger partial charge is 0.480 e. The molecule has 3 rings (SSSR count). The number of rotatable bonds is 7. The van der Waals surface area contributed by atoms with E-state index in [-0.39, 0.29) is 18.3 Å². The quantitative estimate of drug-likeness (QED) is 0.597. The summed E-state index contributed by atoms with van der Waals surface area (Å²) in [4.78, 5) is 28.1. The number of oxazole rings is 1. The van der Waals surface area contributed by atoms with Crippen molar-refractivity contribution in [1.29, 1.82) is 0 Å². The van der Waals surface area contributed by atoms with Crippen molar-refractivity contribution in [3.8, 4) is 5.75 Å². The summed E-state index contributed by atoms with van der Waals surface area (Å²) in [5.74, 6) is 1.93. The molecule has 30 heavy (non-hydrogen) atoms. The standard InChI is InChI=1S/C20H23FN6O3/c1-11-6-17(27-19(24-11)20(4,5)21)26-14-7-16(25-13(3)28)22-9-15(14)29-10-18-23-8-12(2)30-18/h6-9H,10H2,1-5H3,(H2,22,24,25,26,27,28). The number of pyridine rings is 1. The van der Waals surface area contributed by atoms with Crippen LogP contribution in [-0.4, -0.2) is 25.8 Å². The van der Waals surface area contributed by atoms with Gasteiger partial charge in [-0.25, -0.2) is 24.3 Å². The van der Waals surface area contributed by atoms with Crippen LogP contribution < -0.4 is 15.4 Å². The Hall–Kier alpha value is -3.56. The van der Waals surface area contributed by atoms with E-state index in [1.54, 1.807) is 32.2 Å². The fourth-order valence-electron chi connectivity index (χ4n) is 2.55. The summed E-state index contributed by atoms with van der Waals surface area (Å²) in [6, 6.07) is 3.27. The highest BCUT2D eigenvalue weighted by Crippen LogP contribution is 2.31. The van der Waals surface area contributed by atoms with E-state index in [4.69, 9.17) is 9.15 Å². The summed E-state index contributed by atoms with van der Waals surface area (Å²) < 4.78 is 25.6. The number of alkyl halides is 1. The van der Waals surface area contributed by atoms with Crippen LogP contribution in [0, 0.1) is 13.8 Å². The van der Waals surface area contributed by atoms with Crippen LogP contribution in [0.4, 0.5) is 21.7 Å². The molecule has 10 heteroatoms. The molecular weight excluding hydrogens is 391 g/mol. The van der Waals surface area contributed by atoms with Gasteiger partial charge in [0.1, 0.15) is 17.4 Å². The fourth-order valence-corrected chi connectivity index (χ4v) is 2.55. The summed E-state index contributed by atoms with van der Waals surface area (Å²) in [6.07, 6.45) is 3.05. The van der Waals surface area contributed by atoms with Crippen LogP contribution in [0.5, 0.6) is 5.75 Å². The van der Waals surface area contributed by atoms with Crippen molar-refractivity contribution in [1.82, 2.24) is 19.9 Å². The number of ether oxygens (including phenoxy) is 1. The Bertz CT molecular complexity index is 1060. The van der Waals surface area contributed by atoms with Gasteiger partial charge in [-0.1, -0.05) is 0 Å². The highest BCUT2D eigenvalue weighted by Gasteiger charge is 2.23. The third-order valence-corrected chi connectivity index (χ3v) is 3.84. The Labute approximate surface area is 173 Å². The van der Waals surface area contributed by atoms with Gasteiger partial charge in [-0.05, 0) is 27.7 Å². The highest BCUT2D eigenvalue weighted by atomic mass is 19.1. The molecule has 0 saturated heterocycles. The van der Waals surface area contributed by atoms with Gasteiger partial charge in [-0.2, -0.15) is 0 Å². The Morgan fingerprint density at radius 1 is 1.17 bits per heavy atom. The van der Waals surface area contributed by atoms with Crippen molar-refractivity contribution in [2.24, 2.45) is 0 Å². The first-order valence-electron chi connectivity index (χ1n) is 9.24. The van der Waals surface area contributed by atoms with Gasteiger partial charge in [0, 0.05) is 24.8 Å². The smallest absolute Gasteiger partial charge is 0.232 e. The zero-order chi connectivity index (χ0) is 21.9. The average Bonchev–Trinajstić information content (AvgIpc) is 3.04. The number of carbonyl (C=O) groups excluding carboxylic acids is 1. The molecule has 2 N–H and O–H groups in total. The molecule has 0 aliphatic carbocycles. The molecule has 1 amide bonds. The van der Waals surface area contributed by atoms with Crippen LogP contribution in [-0.2, 0) is 17.1 Å². The van der Waals surface area contributed by atoms with Crippen LogP contribution in [0.1, 0.15) is 43.9 Å². The lowest BCUT2D eigenvalue weighted by Crippen LogP contribution is -2.16. The highest BCUT2D eigenvalue weighted by molar-refractivity contribution is 5.88. The second-order valence-electron chi connectivity index (χ2n) is 7.22. The number of aromatic nitrogens is 4. The lowest BCUT2D eigenvalue weighted by atomic mass is 10.1. The topological polar surface area (TPSA) is 115 Å². The SMILES string of the molecule is CC(=O)Nc1cc(Nc2cc(C)nc(C(C)(C)F)n2)c(OCc2ncc(C)o2)cn1. The summed E-state index contributed by atoms with van der Waals surface area (Å²) >= 11 is 0. The van der Waals surface area contributed by atoms with E-state index in [2.05, 4.69) is 30.6 Å². The molecule has 0 spiro atoms. The molecule has 0 saturated carbocycles. The van der Waals surface area contributed by atoms with Crippen LogP contribution in [0.2, 0.25) is 0 Å². The first-order chi connectivity index (χ1) is 14.1. The second kappa shape index (κ2) is 8.44. The first-order valence-corrected chi connectivity index (χ1v) is 9.24. The molecule has 0 fully saturated rings. The van der Waals surface area contributed by atoms with E-state index < -0.39 is 5.67 Å². The van der Waals surface area contributed by atoms with E-state index in [1.165, 1.54) is 27.0 Å². The molecule has 3 heterocycles. The average molecular weight is 414 g/mol. The molecule has 158 valence electrons. The molecule has 0 aliphatic rings. The van der Waals surface area contributed by atoms with Gasteiger partial charge in [0.2, 0.25) is 11.8 Å². The van der Waals surface area contributed by atoms with Crippen LogP contribution in [0.15, 0.2) is 28.9 Å². The molecule has 0 aromatic carbocycles. The number of hydrogen-bond acceptors (Lipinski definition) is 8. The van der Waals surface area contributed by atoms with Crippen molar-refractivity contribution < 1.29 is 18.3 Å². The molecule has 0 aliphatic heterocycles. The molecule has 0 bridgehead atoms. The lowest BCUT2D eigenvalue weighted by molar-refractivity contribution is -0.114. The molecule has 3 aromatic rings. The predicted molar refractivity (Wildman–Crippen MR) is 108 cm³/mol. The second-order valence-corrected chi connectivity index (χ2v) is 7.22. The maximum atomic E-state index is 14.4. The Balaban J connectivity index is 1.92. The summed E-state index contributed by atoms with van der Waals surface area (Å²) in [5, 5.41) is 5.71. The summed E-state index contributed by atoms with van der Waals surface area (Å²) in [6.45, 7) is 7.77. The van der Waals surface area contributed by atoms with Gasteiger partial charge < -0.3 is 19.8 Å². The Morgan fingerprint density at radius 2 is 1.93 bits per heavy atom. The first kappa shape index (κ1) is 21.2. The van der Waals surface area contributed by atoms with Gasteiger partial charge in [0.05, 0.1) is 18.1 Å². The predicted octanol–water partition coefficient (Wildman–Crippen LogP) is 3.96. The van der Waals surface area contributed by atoms with Gasteiger partial charge >= 0.3 is 0 Å². The van der Waals surface area contributed by atoms with Crippen LogP contribution in [0.25, 0.3) is 0 Å². The number of aryl methyl sites for hydroxylation is 2. The van der Waals surface area contributed by atoms with Gasteiger partial charge in [-0.3, -0.25) is 4.79 Å². The van der Waals surface area contributed by atoms with E-state index in [1.807, 2.05) is 0 Å². The van der Waals surface area contributed by atoms with Gasteiger partial charge in [-0.15, -0.1) is 0 Å². The number of nitrogens with zero attached hydrogens (tertiary/aromatic N) is 4. The third kappa shape index (κ3) is 5.49. The van der Waals surface area contributed by atoms with E-state index in [0.29, 0.717) is 40.4 Å². The number of hydrogen-bond donors (Lipinski definition) is 2. The molecule has 9 nitrogen and oxygen atoms in total. The van der Waals surface area contributed by atoms with Crippen LogP contribution >= 0.6 is 0 Å². The fraction of sp³-hybridized carbons (Fsp3) is 0.350. The van der Waals surface area contributed by atoms with Crippen molar-refractivity contribution in [2.45, 2.75) is 46.9 Å². The lowest BCUT2D eigenvalue weighted by Gasteiger charge is -2.17. The minimum absolute atomic E-state index is 0.0545. The number of amides is 1. The number of nitrogens with one attached hydrogen (secondary N) is 2.